The fraction of sp³-hybridized carbons (Fsp3) is 0.643. The molecule has 0 spiro atoms. The van der Waals surface area contributed by atoms with Gasteiger partial charge < -0.3 is 20.9 Å². The molecule has 0 amide bonds. The Morgan fingerprint density at radius 2 is 2.05 bits per heavy atom. The number of nitrogens with two attached hydrogens (primary N) is 1. The van der Waals surface area contributed by atoms with E-state index in [1.165, 1.54) is 0 Å². The van der Waals surface area contributed by atoms with Crippen LogP contribution in [0.1, 0.15) is 43.5 Å². The van der Waals surface area contributed by atoms with Crippen molar-refractivity contribution in [3.05, 3.63) is 16.8 Å². The van der Waals surface area contributed by atoms with Crippen molar-refractivity contribution >= 4 is 11.7 Å². The Labute approximate surface area is 124 Å². The zero-order valence-electron chi connectivity index (χ0n) is 12.6. The Balaban J connectivity index is 2.58. The van der Waals surface area contributed by atoms with E-state index in [4.69, 9.17) is 10.9 Å². The van der Waals surface area contributed by atoms with Crippen LogP contribution in [-0.4, -0.2) is 45.5 Å². The quantitative estimate of drug-likeness (QED) is 0.295. The zero-order chi connectivity index (χ0) is 15.4. The van der Waals surface area contributed by atoms with Crippen molar-refractivity contribution < 1.29 is 10.3 Å². The number of aryl methyl sites for hydroxylation is 1. The summed E-state index contributed by atoms with van der Waals surface area (Å²) in [6.45, 7) is 4.53. The zero-order valence-corrected chi connectivity index (χ0v) is 12.6. The van der Waals surface area contributed by atoms with Gasteiger partial charge in [0.1, 0.15) is 0 Å². The van der Waals surface area contributed by atoms with Gasteiger partial charge in [0.15, 0.2) is 11.7 Å². The molecular weight excluding hydrogens is 270 g/mol. The molecule has 1 heterocycles. The van der Waals surface area contributed by atoms with Crippen molar-refractivity contribution in [1.29, 1.82) is 0 Å². The predicted octanol–water partition coefficient (Wildman–Crippen LogP) is 0.657. The van der Waals surface area contributed by atoms with Crippen LogP contribution in [0.5, 0.6) is 0 Å². The lowest BCUT2D eigenvalue weighted by Crippen LogP contribution is -2.33. The van der Waals surface area contributed by atoms with Crippen molar-refractivity contribution in [2.75, 3.05) is 18.1 Å². The summed E-state index contributed by atoms with van der Waals surface area (Å²) >= 11 is 0. The average Bonchev–Trinajstić information content (AvgIpc) is 3.35. The van der Waals surface area contributed by atoms with E-state index < -0.39 is 0 Å². The molecule has 1 aromatic rings. The predicted molar refractivity (Wildman–Crippen MR) is 80.8 cm³/mol. The molecule has 7 nitrogen and oxygen atoms in total. The molecule has 1 fully saturated rings. The fourth-order valence-corrected chi connectivity index (χ4v) is 2.64. The first-order chi connectivity index (χ1) is 10.2. The number of hydrogen-bond acceptors (Lipinski definition) is 6. The molecule has 1 aromatic heterocycles. The lowest BCUT2D eigenvalue weighted by atomic mass is 10.0. The second-order valence-corrected chi connectivity index (χ2v) is 5.16. The van der Waals surface area contributed by atoms with Gasteiger partial charge in [0.05, 0.1) is 17.9 Å². The highest BCUT2D eigenvalue weighted by Gasteiger charge is 2.33. The number of aliphatic hydroxyl groups excluding tert-OH is 1. The maximum absolute atomic E-state index is 9.29. The summed E-state index contributed by atoms with van der Waals surface area (Å²) < 4.78 is 0. The van der Waals surface area contributed by atoms with E-state index in [-0.39, 0.29) is 12.4 Å². The average molecular weight is 293 g/mol. The summed E-state index contributed by atoms with van der Waals surface area (Å²) in [5.74, 6) is 0.658. The van der Waals surface area contributed by atoms with E-state index in [0.29, 0.717) is 24.0 Å². The molecule has 0 bridgehead atoms. The highest BCUT2D eigenvalue weighted by Crippen LogP contribution is 2.33. The molecule has 1 aliphatic rings. The van der Waals surface area contributed by atoms with Gasteiger partial charge >= 0.3 is 0 Å². The van der Waals surface area contributed by atoms with E-state index in [2.05, 4.69) is 15.4 Å². The monoisotopic (exact) mass is 293 g/mol. The van der Waals surface area contributed by atoms with Crippen LogP contribution in [0.25, 0.3) is 0 Å². The van der Waals surface area contributed by atoms with Crippen LogP contribution in [0, 0.1) is 0 Å². The van der Waals surface area contributed by atoms with Crippen molar-refractivity contribution in [3.63, 3.8) is 0 Å². The smallest absolute Gasteiger partial charge is 0.174 e. The standard InChI is InChI=1S/C14H23N5O2/c1-3-10-11(4-2)16-17-14(12(10)13(15)18-21)19(7-8-20)9-5-6-9/h9,20-21H,3-8H2,1-2H3,(H2,15,18). The Morgan fingerprint density at radius 1 is 1.33 bits per heavy atom. The number of aromatic nitrogens is 2. The SMILES string of the molecule is CCc1nnc(N(CCO)C2CC2)c(C(N)=NO)c1CC. The highest BCUT2D eigenvalue weighted by molar-refractivity contribution is 6.03. The molecule has 0 unspecified atom stereocenters. The lowest BCUT2D eigenvalue weighted by Gasteiger charge is -2.26. The van der Waals surface area contributed by atoms with Crippen LogP contribution in [-0.2, 0) is 12.8 Å². The number of aliphatic hydroxyl groups is 1. The lowest BCUT2D eigenvalue weighted by molar-refractivity contribution is 0.301. The van der Waals surface area contributed by atoms with Crippen molar-refractivity contribution in [2.24, 2.45) is 10.9 Å². The third-order valence-electron chi connectivity index (χ3n) is 3.79. The molecular formula is C14H23N5O2. The number of rotatable bonds is 7. The van der Waals surface area contributed by atoms with Gasteiger partial charge in [0, 0.05) is 12.6 Å². The summed E-state index contributed by atoms with van der Waals surface area (Å²) in [4.78, 5) is 2.01. The molecule has 7 heteroatoms. The van der Waals surface area contributed by atoms with Crippen molar-refractivity contribution in [2.45, 2.75) is 45.6 Å². The number of nitrogens with zero attached hydrogens (tertiary/aromatic N) is 4. The van der Waals surface area contributed by atoms with Gasteiger partial charge in [0.2, 0.25) is 0 Å². The molecule has 1 saturated carbocycles. The molecule has 2 rings (SSSR count). The largest absolute Gasteiger partial charge is 0.409 e. The molecule has 0 radical (unpaired) electrons. The third kappa shape index (κ3) is 3.07. The van der Waals surface area contributed by atoms with E-state index in [1.54, 1.807) is 0 Å². The Kier molecular flexibility index (Phi) is 4.95. The first-order valence-corrected chi connectivity index (χ1v) is 7.41. The molecule has 0 saturated heterocycles. The van der Waals surface area contributed by atoms with Crippen LogP contribution in [0.15, 0.2) is 5.16 Å². The molecule has 21 heavy (non-hydrogen) atoms. The second kappa shape index (κ2) is 6.71. The summed E-state index contributed by atoms with van der Waals surface area (Å²) in [6.07, 6.45) is 3.60. The van der Waals surface area contributed by atoms with Gasteiger partial charge in [-0.2, -0.15) is 5.10 Å². The molecule has 0 aliphatic heterocycles. The van der Waals surface area contributed by atoms with E-state index in [1.807, 2.05) is 18.7 Å². The van der Waals surface area contributed by atoms with E-state index in [0.717, 1.165) is 36.9 Å². The Hall–Kier alpha value is -1.89. The minimum atomic E-state index is 0.0325. The first kappa shape index (κ1) is 15.5. The molecule has 116 valence electrons. The number of amidine groups is 1. The summed E-state index contributed by atoms with van der Waals surface area (Å²) in [5, 5.41) is 30.2. The van der Waals surface area contributed by atoms with Gasteiger partial charge in [0.25, 0.3) is 0 Å². The topological polar surface area (TPSA) is 108 Å². The number of hydrogen-bond donors (Lipinski definition) is 3. The van der Waals surface area contributed by atoms with Gasteiger partial charge in [-0.15, -0.1) is 5.10 Å². The van der Waals surface area contributed by atoms with Crippen molar-refractivity contribution in [1.82, 2.24) is 10.2 Å². The fourth-order valence-electron chi connectivity index (χ4n) is 2.64. The van der Waals surface area contributed by atoms with E-state index in [9.17, 15) is 5.11 Å². The van der Waals surface area contributed by atoms with Crippen LogP contribution in [0.4, 0.5) is 5.82 Å². The molecule has 0 atom stereocenters. The molecule has 4 N–H and O–H groups in total. The van der Waals surface area contributed by atoms with Gasteiger partial charge in [-0.25, -0.2) is 0 Å². The summed E-state index contributed by atoms with van der Waals surface area (Å²) in [5.41, 5.74) is 8.36. The van der Waals surface area contributed by atoms with Gasteiger partial charge in [-0.05, 0) is 31.2 Å². The normalized spacial score (nSPS) is 15.3. The number of anilines is 1. The first-order valence-electron chi connectivity index (χ1n) is 7.41. The minimum absolute atomic E-state index is 0.0325. The number of oxime groups is 1. The summed E-state index contributed by atoms with van der Waals surface area (Å²) in [6, 6.07) is 0.355. The summed E-state index contributed by atoms with van der Waals surface area (Å²) in [7, 11) is 0. The molecule has 1 aliphatic carbocycles. The maximum Gasteiger partial charge on any atom is 0.174 e. The minimum Gasteiger partial charge on any atom is -0.409 e. The second-order valence-electron chi connectivity index (χ2n) is 5.16. The third-order valence-corrected chi connectivity index (χ3v) is 3.79. The van der Waals surface area contributed by atoms with Crippen LogP contribution >= 0.6 is 0 Å². The highest BCUT2D eigenvalue weighted by atomic mass is 16.4. The Bertz CT molecular complexity index is 528. The van der Waals surface area contributed by atoms with Crippen LogP contribution in [0.3, 0.4) is 0 Å². The Morgan fingerprint density at radius 3 is 2.52 bits per heavy atom. The maximum atomic E-state index is 9.29. The molecule has 0 aromatic carbocycles. The van der Waals surface area contributed by atoms with Crippen molar-refractivity contribution in [3.8, 4) is 0 Å². The van der Waals surface area contributed by atoms with Gasteiger partial charge in [-0.1, -0.05) is 19.0 Å². The van der Waals surface area contributed by atoms with E-state index >= 15 is 0 Å². The van der Waals surface area contributed by atoms with Gasteiger partial charge in [-0.3, -0.25) is 0 Å². The van der Waals surface area contributed by atoms with Crippen LogP contribution < -0.4 is 10.6 Å². The van der Waals surface area contributed by atoms with Crippen LogP contribution in [0.2, 0.25) is 0 Å².